The number of aromatic hydroxyl groups is 1. The maximum atomic E-state index is 14.3. The van der Waals surface area contributed by atoms with Crippen molar-refractivity contribution >= 4 is 23.9 Å². The first kappa shape index (κ1) is 33.9. The summed E-state index contributed by atoms with van der Waals surface area (Å²) >= 11 is 0. The van der Waals surface area contributed by atoms with E-state index in [0.717, 1.165) is 11.1 Å². The molecule has 10 heteroatoms. The molecule has 42 heavy (non-hydrogen) atoms. The van der Waals surface area contributed by atoms with Gasteiger partial charge in [0.2, 0.25) is 11.8 Å². The van der Waals surface area contributed by atoms with Crippen molar-refractivity contribution in [1.29, 1.82) is 0 Å². The summed E-state index contributed by atoms with van der Waals surface area (Å²) in [7, 11) is 0. The molecular formula is C32H43N3O7. The summed E-state index contributed by atoms with van der Waals surface area (Å²) in [5.41, 5.74) is 2.22. The van der Waals surface area contributed by atoms with Crippen LogP contribution >= 0.6 is 0 Å². The topological polar surface area (TPSA) is 134 Å². The zero-order chi connectivity index (χ0) is 31.4. The minimum Gasteiger partial charge on any atom is -0.508 e. The molecule has 0 bridgehead atoms. The summed E-state index contributed by atoms with van der Waals surface area (Å²) in [5, 5.41) is 15.2. The third kappa shape index (κ3) is 10.9. The molecule has 0 aliphatic rings. The highest BCUT2D eigenvalue weighted by Gasteiger charge is 2.36. The van der Waals surface area contributed by atoms with E-state index in [-0.39, 0.29) is 38.3 Å². The Balaban J connectivity index is 2.52. The molecule has 2 aromatic carbocycles. The van der Waals surface area contributed by atoms with Gasteiger partial charge in [-0.25, -0.2) is 4.79 Å². The zero-order valence-electron chi connectivity index (χ0n) is 25.4. The van der Waals surface area contributed by atoms with Crippen LogP contribution in [-0.4, -0.2) is 65.2 Å². The predicted octanol–water partition coefficient (Wildman–Crippen LogP) is 4.27. The van der Waals surface area contributed by atoms with Crippen LogP contribution in [0.25, 0.3) is 0 Å². The van der Waals surface area contributed by atoms with E-state index >= 15 is 0 Å². The average Bonchev–Trinajstić information content (AvgIpc) is 2.87. The van der Waals surface area contributed by atoms with Crippen LogP contribution in [0.5, 0.6) is 5.75 Å². The molecule has 0 aromatic heterocycles. The monoisotopic (exact) mass is 581 g/mol. The fourth-order valence-corrected chi connectivity index (χ4v) is 4.44. The fraction of sp³-hybridized carbons (Fsp3) is 0.438. The van der Waals surface area contributed by atoms with Crippen LogP contribution in [-0.2, 0) is 30.3 Å². The third-order valence-electron chi connectivity index (χ3n) is 6.03. The van der Waals surface area contributed by atoms with Gasteiger partial charge in [0, 0.05) is 19.5 Å². The smallest absolute Gasteiger partial charge is 0.408 e. The second kappa shape index (κ2) is 15.6. The van der Waals surface area contributed by atoms with Crippen LogP contribution in [0.3, 0.4) is 0 Å². The van der Waals surface area contributed by atoms with Crippen LogP contribution in [0.2, 0.25) is 0 Å². The second-order valence-corrected chi connectivity index (χ2v) is 11.0. The van der Waals surface area contributed by atoms with E-state index in [1.807, 2.05) is 32.0 Å². The van der Waals surface area contributed by atoms with Gasteiger partial charge in [0.25, 0.3) is 0 Å². The van der Waals surface area contributed by atoms with Crippen LogP contribution in [0.4, 0.5) is 4.79 Å². The minimum atomic E-state index is -1.12. The van der Waals surface area contributed by atoms with Crippen molar-refractivity contribution in [2.45, 2.75) is 72.1 Å². The molecule has 2 rings (SSSR count). The van der Waals surface area contributed by atoms with Crippen molar-refractivity contribution in [3.63, 3.8) is 0 Å². The molecule has 0 radical (unpaired) electrons. The number of hydrogen-bond acceptors (Lipinski definition) is 7. The normalized spacial score (nSPS) is 12.4. The van der Waals surface area contributed by atoms with E-state index in [4.69, 9.17) is 9.47 Å². The Morgan fingerprint density at radius 1 is 1.05 bits per heavy atom. The molecule has 2 atom stereocenters. The number of esters is 1. The first-order valence-electron chi connectivity index (χ1n) is 13.9. The molecule has 3 amide bonds. The quantitative estimate of drug-likeness (QED) is 0.238. The van der Waals surface area contributed by atoms with E-state index in [1.54, 1.807) is 39.8 Å². The van der Waals surface area contributed by atoms with Gasteiger partial charge in [0.15, 0.2) is 0 Å². The maximum absolute atomic E-state index is 14.3. The standard InChI is InChI=1S/C32H43N3O7/c1-8-16-35(28(24-18-21(3)17-22(4)19-24)29(38)33-15-14-27(37)41-9-2)30(39)26(34-31(40)42-32(5,6)7)20-23-10-12-25(36)13-11-23/h8,10-13,17-19,26,28,36H,1,9,14-16,20H2,2-7H3,(H,33,38)(H,34,40). The van der Waals surface area contributed by atoms with Gasteiger partial charge in [-0.15, -0.1) is 6.58 Å². The summed E-state index contributed by atoms with van der Waals surface area (Å²) in [6.45, 7) is 14.7. The average molecular weight is 582 g/mol. The first-order chi connectivity index (χ1) is 19.7. The number of ether oxygens (including phenoxy) is 2. The SMILES string of the molecule is C=CCN(C(=O)C(Cc1ccc(O)cc1)NC(=O)OC(C)(C)C)C(C(=O)NCCC(=O)OCC)c1cc(C)cc(C)c1. The Kier molecular flexibility index (Phi) is 12.6. The number of rotatable bonds is 13. The lowest BCUT2D eigenvalue weighted by molar-refractivity contribution is -0.144. The number of alkyl carbamates (subject to hydrolysis) is 1. The number of aryl methyl sites for hydroxylation is 2. The predicted molar refractivity (Wildman–Crippen MR) is 160 cm³/mol. The van der Waals surface area contributed by atoms with Crippen LogP contribution in [0, 0.1) is 13.8 Å². The molecule has 0 fully saturated rings. The summed E-state index contributed by atoms with van der Waals surface area (Å²) < 4.78 is 10.4. The Morgan fingerprint density at radius 3 is 2.21 bits per heavy atom. The molecule has 0 aliphatic carbocycles. The highest BCUT2D eigenvalue weighted by atomic mass is 16.6. The summed E-state index contributed by atoms with van der Waals surface area (Å²) in [5.74, 6) is -1.43. The maximum Gasteiger partial charge on any atom is 0.408 e. The zero-order valence-corrected chi connectivity index (χ0v) is 25.4. The van der Waals surface area contributed by atoms with Gasteiger partial charge in [0.1, 0.15) is 23.4 Å². The number of phenolic OH excluding ortho intramolecular Hbond substituents is 1. The van der Waals surface area contributed by atoms with Crippen molar-refractivity contribution in [3.05, 3.63) is 77.4 Å². The van der Waals surface area contributed by atoms with Gasteiger partial charge in [0.05, 0.1) is 13.0 Å². The van der Waals surface area contributed by atoms with E-state index in [2.05, 4.69) is 17.2 Å². The highest BCUT2D eigenvalue weighted by molar-refractivity contribution is 5.92. The van der Waals surface area contributed by atoms with E-state index in [0.29, 0.717) is 11.1 Å². The number of nitrogens with zero attached hydrogens (tertiary/aromatic N) is 1. The molecule has 0 aliphatic heterocycles. The molecule has 2 unspecified atom stereocenters. The lowest BCUT2D eigenvalue weighted by Gasteiger charge is -2.34. The number of amides is 3. The number of nitrogens with one attached hydrogen (secondary N) is 2. The molecule has 10 nitrogen and oxygen atoms in total. The number of carbonyl (C=O) groups is 4. The van der Waals surface area contributed by atoms with Crippen molar-refractivity contribution in [2.75, 3.05) is 19.7 Å². The molecule has 0 saturated carbocycles. The minimum absolute atomic E-state index is 0.0101. The van der Waals surface area contributed by atoms with Crippen LogP contribution in [0.1, 0.15) is 62.4 Å². The van der Waals surface area contributed by atoms with Crippen LogP contribution < -0.4 is 10.6 Å². The van der Waals surface area contributed by atoms with E-state index in [1.165, 1.54) is 23.1 Å². The van der Waals surface area contributed by atoms with Crippen molar-refractivity contribution < 1.29 is 33.8 Å². The van der Waals surface area contributed by atoms with E-state index < -0.39 is 41.6 Å². The van der Waals surface area contributed by atoms with Gasteiger partial charge < -0.3 is 30.1 Å². The van der Waals surface area contributed by atoms with Crippen molar-refractivity contribution in [2.24, 2.45) is 0 Å². The second-order valence-electron chi connectivity index (χ2n) is 11.0. The molecule has 0 saturated heterocycles. The van der Waals surface area contributed by atoms with Gasteiger partial charge in [-0.2, -0.15) is 0 Å². The van der Waals surface area contributed by atoms with Gasteiger partial charge in [-0.1, -0.05) is 47.5 Å². The van der Waals surface area contributed by atoms with Gasteiger partial charge in [-0.05, 0) is 64.8 Å². The summed E-state index contributed by atoms with van der Waals surface area (Å²) in [6, 6.07) is 9.65. The summed E-state index contributed by atoms with van der Waals surface area (Å²) in [6.07, 6.45) is 0.749. The third-order valence-corrected chi connectivity index (χ3v) is 6.03. The van der Waals surface area contributed by atoms with Crippen molar-refractivity contribution in [1.82, 2.24) is 15.5 Å². The van der Waals surface area contributed by atoms with Crippen LogP contribution in [0.15, 0.2) is 55.1 Å². The number of benzene rings is 2. The number of hydrogen-bond donors (Lipinski definition) is 3. The van der Waals surface area contributed by atoms with Crippen molar-refractivity contribution in [3.8, 4) is 5.75 Å². The fourth-order valence-electron chi connectivity index (χ4n) is 4.44. The Morgan fingerprint density at radius 2 is 1.67 bits per heavy atom. The van der Waals surface area contributed by atoms with E-state index in [9.17, 15) is 24.3 Å². The Bertz CT molecular complexity index is 1230. The Hall–Kier alpha value is -4.34. The number of carbonyl (C=O) groups excluding carboxylic acids is 4. The molecule has 2 aromatic rings. The first-order valence-corrected chi connectivity index (χ1v) is 13.9. The molecule has 0 heterocycles. The van der Waals surface area contributed by atoms with Gasteiger partial charge >= 0.3 is 12.1 Å². The summed E-state index contributed by atoms with van der Waals surface area (Å²) in [4.78, 5) is 54.0. The lowest BCUT2D eigenvalue weighted by atomic mass is 9.97. The molecule has 228 valence electrons. The lowest BCUT2D eigenvalue weighted by Crippen LogP contribution is -2.54. The molecule has 0 spiro atoms. The molecule has 3 N–H and O–H groups in total. The highest BCUT2D eigenvalue weighted by Crippen LogP contribution is 2.26. The molecular weight excluding hydrogens is 538 g/mol. The largest absolute Gasteiger partial charge is 0.508 e. The number of phenols is 1. The Labute approximate surface area is 248 Å². The van der Waals surface area contributed by atoms with Gasteiger partial charge in [-0.3, -0.25) is 14.4 Å².